The van der Waals surface area contributed by atoms with E-state index >= 15 is 0 Å². The van der Waals surface area contributed by atoms with Crippen LogP contribution < -0.4 is 4.72 Å². The van der Waals surface area contributed by atoms with Crippen molar-refractivity contribution in [1.82, 2.24) is 0 Å². The monoisotopic (exact) mass is 417 g/mol. The van der Waals surface area contributed by atoms with Gasteiger partial charge in [-0.2, -0.15) is 0 Å². The third kappa shape index (κ3) is 4.44. The number of aliphatic hydroxyl groups excluding tert-OH is 1. The number of aryl methyl sites for hydroxylation is 1. The van der Waals surface area contributed by atoms with Crippen LogP contribution in [-0.2, 0) is 14.8 Å². The Morgan fingerprint density at radius 1 is 1.24 bits per heavy atom. The number of hydrogen-bond donors (Lipinski definition) is 2. The third-order valence-electron chi connectivity index (χ3n) is 4.40. The van der Waals surface area contributed by atoms with Crippen molar-refractivity contribution >= 4 is 32.6 Å². The van der Waals surface area contributed by atoms with Crippen molar-refractivity contribution in [1.29, 1.82) is 0 Å². The molecule has 3 rings (SSSR count). The first-order valence-corrected chi connectivity index (χ1v) is 11.0. The number of esters is 1. The molecule has 0 saturated heterocycles. The Balaban J connectivity index is 2.32. The van der Waals surface area contributed by atoms with E-state index in [9.17, 15) is 18.3 Å². The zero-order chi connectivity index (χ0) is 21.3. The molecule has 1 aromatic heterocycles. The van der Waals surface area contributed by atoms with Gasteiger partial charge in [0, 0.05) is 22.6 Å². The number of fused-ring (bicyclic) bond motifs is 1. The number of ether oxygens (including phenoxy) is 1. The average molecular weight is 417 g/mol. The molecule has 0 spiro atoms. The number of benzene rings is 2. The number of carbonyl (C=O) groups is 1. The SMILES string of the molecule is CCOC(=O)c1c(-c2ccc(C)cc2)oc2cc(NS(C)(=O)=O)c([C@H](C)O)cc12. The second-order valence-electron chi connectivity index (χ2n) is 6.88. The van der Waals surface area contributed by atoms with Gasteiger partial charge >= 0.3 is 5.97 Å². The molecule has 0 saturated carbocycles. The lowest BCUT2D eigenvalue weighted by molar-refractivity contribution is 0.0528. The molecule has 1 heterocycles. The Morgan fingerprint density at radius 2 is 1.90 bits per heavy atom. The minimum absolute atomic E-state index is 0.189. The van der Waals surface area contributed by atoms with Gasteiger partial charge in [0.15, 0.2) is 0 Å². The van der Waals surface area contributed by atoms with E-state index in [2.05, 4.69) is 4.72 Å². The van der Waals surface area contributed by atoms with Crippen molar-refractivity contribution in [2.75, 3.05) is 17.6 Å². The number of anilines is 1. The van der Waals surface area contributed by atoms with Crippen LogP contribution in [0.25, 0.3) is 22.3 Å². The summed E-state index contributed by atoms with van der Waals surface area (Å²) in [6, 6.07) is 10.5. The summed E-state index contributed by atoms with van der Waals surface area (Å²) < 4.78 is 37.0. The smallest absolute Gasteiger partial charge is 0.342 e. The number of nitrogens with one attached hydrogen (secondary N) is 1. The predicted octanol–water partition coefficient (Wildman–Crippen LogP) is 4.01. The summed E-state index contributed by atoms with van der Waals surface area (Å²) >= 11 is 0. The molecule has 1 atom stereocenters. The van der Waals surface area contributed by atoms with Crippen molar-refractivity contribution in [2.24, 2.45) is 0 Å². The van der Waals surface area contributed by atoms with Gasteiger partial charge in [0.05, 0.1) is 24.7 Å². The number of furan rings is 1. The lowest BCUT2D eigenvalue weighted by atomic mass is 10.0. The molecule has 2 aromatic carbocycles. The molecule has 0 unspecified atom stereocenters. The second-order valence-corrected chi connectivity index (χ2v) is 8.63. The van der Waals surface area contributed by atoms with E-state index < -0.39 is 22.1 Å². The summed E-state index contributed by atoms with van der Waals surface area (Å²) in [7, 11) is -3.58. The molecular formula is C21H23NO6S. The average Bonchev–Trinajstić information content (AvgIpc) is 2.98. The summed E-state index contributed by atoms with van der Waals surface area (Å²) in [6.07, 6.45) is 0.0452. The van der Waals surface area contributed by atoms with Gasteiger partial charge < -0.3 is 14.3 Å². The van der Waals surface area contributed by atoms with E-state index in [1.165, 1.54) is 13.0 Å². The minimum Gasteiger partial charge on any atom is -0.462 e. The van der Waals surface area contributed by atoms with Gasteiger partial charge in [-0.15, -0.1) is 0 Å². The number of carbonyl (C=O) groups excluding carboxylic acids is 1. The van der Waals surface area contributed by atoms with E-state index in [0.29, 0.717) is 27.9 Å². The van der Waals surface area contributed by atoms with Crippen LogP contribution in [0.4, 0.5) is 5.69 Å². The Morgan fingerprint density at radius 3 is 2.45 bits per heavy atom. The Bertz CT molecular complexity index is 1160. The maximum atomic E-state index is 12.7. The molecule has 0 aliphatic heterocycles. The summed E-state index contributed by atoms with van der Waals surface area (Å²) in [4.78, 5) is 12.7. The van der Waals surface area contributed by atoms with Gasteiger partial charge in [-0.3, -0.25) is 4.72 Å². The quantitative estimate of drug-likeness (QED) is 0.587. The Labute approximate surface area is 169 Å². The van der Waals surface area contributed by atoms with Crippen LogP contribution in [0.3, 0.4) is 0 Å². The van der Waals surface area contributed by atoms with Gasteiger partial charge in [0.25, 0.3) is 0 Å². The zero-order valence-electron chi connectivity index (χ0n) is 16.6. The summed E-state index contributed by atoms with van der Waals surface area (Å²) in [5.74, 6) is -0.228. The van der Waals surface area contributed by atoms with E-state index in [1.54, 1.807) is 13.0 Å². The molecule has 0 aliphatic rings. The van der Waals surface area contributed by atoms with E-state index in [0.717, 1.165) is 11.8 Å². The number of hydrogen-bond acceptors (Lipinski definition) is 6. The zero-order valence-corrected chi connectivity index (χ0v) is 17.5. The van der Waals surface area contributed by atoms with Crippen LogP contribution >= 0.6 is 0 Å². The lowest BCUT2D eigenvalue weighted by Gasteiger charge is -2.13. The van der Waals surface area contributed by atoms with Crippen molar-refractivity contribution in [3.05, 3.63) is 53.1 Å². The predicted molar refractivity (Wildman–Crippen MR) is 111 cm³/mol. The van der Waals surface area contributed by atoms with Crippen LogP contribution in [0.15, 0.2) is 40.8 Å². The molecule has 0 amide bonds. The third-order valence-corrected chi connectivity index (χ3v) is 4.99. The summed E-state index contributed by atoms with van der Waals surface area (Å²) in [6.45, 7) is 5.36. The highest BCUT2D eigenvalue weighted by molar-refractivity contribution is 7.92. The summed E-state index contributed by atoms with van der Waals surface area (Å²) in [5.41, 5.74) is 2.79. The number of sulfonamides is 1. The van der Waals surface area contributed by atoms with E-state index in [-0.39, 0.29) is 17.9 Å². The fourth-order valence-electron chi connectivity index (χ4n) is 3.11. The molecule has 8 heteroatoms. The Hall–Kier alpha value is -2.84. The van der Waals surface area contributed by atoms with Gasteiger partial charge in [-0.25, -0.2) is 13.2 Å². The van der Waals surface area contributed by atoms with Crippen molar-refractivity contribution in [2.45, 2.75) is 26.9 Å². The topological polar surface area (TPSA) is 106 Å². The maximum Gasteiger partial charge on any atom is 0.342 e. The first kappa shape index (κ1) is 20.9. The molecule has 154 valence electrons. The highest BCUT2D eigenvalue weighted by Crippen LogP contribution is 2.38. The highest BCUT2D eigenvalue weighted by atomic mass is 32.2. The normalized spacial score (nSPS) is 12.7. The highest BCUT2D eigenvalue weighted by Gasteiger charge is 2.25. The van der Waals surface area contributed by atoms with Gasteiger partial charge in [0.2, 0.25) is 10.0 Å². The number of aliphatic hydroxyl groups is 1. The molecule has 0 radical (unpaired) electrons. The van der Waals surface area contributed by atoms with Crippen LogP contribution in [0.5, 0.6) is 0 Å². The lowest BCUT2D eigenvalue weighted by Crippen LogP contribution is -2.12. The van der Waals surface area contributed by atoms with Crippen LogP contribution in [0, 0.1) is 6.92 Å². The minimum atomic E-state index is -3.58. The van der Waals surface area contributed by atoms with Gasteiger partial charge in [-0.05, 0) is 26.8 Å². The van der Waals surface area contributed by atoms with Crippen molar-refractivity contribution < 1.29 is 27.5 Å². The largest absolute Gasteiger partial charge is 0.462 e. The summed E-state index contributed by atoms with van der Waals surface area (Å²) in [5, 5.41) is 10.6. The molecule has 3 aromatic rings. The molecule has 0 aliphatic carbocycles. The van der Waals surface area contributed by atoms with Crippen molar-refractivity contribution in [3.8, 4) is 11.3 Å². The van der Waals surface area contributed by atoms with Crippen molar-refractivity contribution in [3.63, 3.8) is 0 Å². The van der Waals surface area contributed by atoms with Crippen LogP contribution in [0.1, 0.15) is 41.4 Å². The van der Waals surface area contributed by atoms with Gasteiger partial charge in [0.1, 0.15) is 16.9 Å². The second kappa shape index (κ2) is 7.88. The molecule has 2 N–H and O–H groups in total. The van der Waals surface area contributed by atoms with Gasteiger partial charge in [-0.1, -0.05) is 29.8 Å². The molecule has 0 fully saturated rings. The van der Waals surface area contributed by atoms with E-state index in [4.69, 9.17) is 9.15 Å². The number of rotatable bonds is 6. The molecule has 29 heavy (non-hydrogen) atoms. The standard InChI is InChI=1S/C21H23NO6S/c1-5-27-21(24)19-16-10-15(13(3)23)17(22-29(4,25)26)11-18(16)28-20(19)14-8-6-12(2)7-9-14/h6-11,13,22-23H,5H2,1-4H3/t13-/m0/s1. The van der Waals surface area contributed by atoms with Crippen LogP contribution in [0.2, 0.25) is 0 Å². The van der Waals surface area contributed by atoms with Crippen LogP contribution in [-0.4, -0.2) is 32.4 Å². The Kier molecular flexibility index (Phi) is 5.68. The fourth-order valence-corrected chi connectivity index (χ4v) is 3.68. The molecule has 0 bridgehead atoms. The molecule has 7 nitrogen and oxygen atoms in total. The fraction of sp³-hybridized carbons (Fsp3) is 0.286. The first-order chi connectivity index (χ1) is 13.6. The maximum absolute atomic E-state index is 12.7. The molecular weight excluding hydrogens is 394 g/mol. The first-order valence-electron chi connectivity index (χ1n) is 9.11. The van der Waals surface area contributed by atoms with E-state index in [1.807, 2.05) is 31.2 Å².